The maximum Gasteiger partial charge on any atom is 0.409 e. The lowest BCUT2D eigenvalue weighted by Crippen LogP contribution is -2.46. The summed E-state index contributed by atoms with van der Waals surface area (Å²) in [5.74, 6) is 0.284. The van der Waals surface area contributed by atoms with Crippen LogP contribution >= 0.6 is 11.6 Å². The molecule has 0 radical (unpaired) electrons. The van der Waals surface area contributed by atoms with E-state index in [1.54, 1.807) is 4.90 Å². The molecule has 1 aromatic heterocycles. The molecular formula is C15H22ClN3O4S. The predicted molar refractivity (Wildman–Crippen MR) is 90.3 cm³/mol. The van der Waals surface area contributed by atoms with Gasteiger partial charge in [0.25, 0.3) is 0 Å². The van der Waals surface area contributed by atoms with E-state index in [2.05, 4.69) is 9.71 Å². The van der Waals surface area contributed by atoms with Gasteiger partial charge in [-0.25, -0.2) is 22.9 Å². The zero-order valence-corrected chi connectivity index (χ0v) is 15.3. The smallest absolute Gasteiger partial charge is 0.409 e. The molecule has 134 valence electrons. The van der Waals surface area contributed by atoms with Gasteiger partial charge in [-0.2, -0.15) is 0 Å². The molecule has 0 aliphatic carbocycles. The molecule has 7 nitrogen and oxygen atoms in total. The van der Waals surface area contributed by atoms with Crippen LogP contribution in [0.2, 0.25) is 5.15 Å². The Balaban J connectivity index is 1.86. The van der Waals surface area contributed by atoms with Crippen molar-refractivity contribution in [1.82, 2.24) is 14.6 Å². The topological polar surface area (TPSA) is 88.6 Å². The average Bonchev–Trinajstić information content (AvgIpc) is 2.53. The third-order valence-corrected chi connectivity index (χ3v) is 5.35. The van der Waals surface area contributed by atoms with Crippen LogP contribution in [-0.2, 0) is 14.8 Å². The second-order valence-corrected chi connectivity index (χ2v) is 8.27. The number of nitrogens with one attached hydrogen (secondary N) is 1. The van der Waals surface area contributed by atoms with Crippen LogP contribution in [-0.4, -0.2) is 50.1 Å². The third kappa shape index (κ3) is 5.32. The summed E-state index contributed by atoms with van der Waals surface area (Å²) in [6.07, 6.45) is 1.96. The van der Waals surface area contributed by atoms with Crippen molar-refractivity contribution in [2.45, 2.75) is 37.6 Å². The van der Waals surface area contributed by atoms with Crippen molar-refractivity contribution < 1.29 is 17.9 Å². The van der Waals surface area contributed by atoms with E-state index in [1.807, 2.05) is 13.8 Å². The van der Waals surface area contributed by atoms with Gasteiger partial charge in [-0.3, -0.25) is 0 Å². The number of halogens is 1. The minimum absolute atomic E-state index is 0.0747. The number of sulfonamides is 1. The monoisotopic (exact) mass is 375 g/mol. The molecule has 1 aromatic rings. The number of likely N-dealkylation sites (tertiary alicyclic amines) is 1. The van der Waals surface area contributed by atoms with E-state index in [0.717, 1.165) is 0 Å². The maximum atomic E-state index is 12.3. The molecule has 2 heterocycles. The summed E-state index contributed by atoms with van der Waals surface area (Å²) < 4.78 is 32.4. The second-order valence-electron chi connectivity index (χ2n) is 6.17. The number of rotatable bonds is 5. The first-order chi connectivity index (χ1) is 11.3. The number of carbonyl (C=O) groups excluding carboxylic acids is 1. The molecule has 1 aliphatic rings. The van der Waals surface area contributed by atoms with E-state index < -0.39 is 10.0 Å². The molecule has 1 fully saturated rings. The molecule has 0 bridgehead atoms. The number of nitrogens with zero attached hydrogens (tertiary/aromatic N) is 2. The van der Waals surface area contributed by atoms with Crippen LogP contribution in [0.15, 0.2) is 23.2 Å². The van der Waals surface area contributed by atoms with E-state index >= 15 is 0 Å². The van der Waals surface area contributed by atoms with Crippen LogP contribution in [0.4, 0.5) is 4.79 Å². The van der Waals surface area contributed by atoms with Gasteiger partial charge in [-0.15, -0.1) is 0 Å². The molecule has 0 unspecified atom stereocenters. The number of hydrogen-bond donors (Lipinski definition) is 1. The fourth-order valence-electron chi connectivity index (χ4n) is 2.32. The van der Waals surface area contributed by atoms with Gasteiger partial charge in [0.05, 0.1) is 6.61 Å². The number of aromatic nitrogens is 1. The predicted octanol–water partition coefficient (Wildman–Crippen LogP) is 2.27. The van der Waals surface area contributed by atoms with Crippen molar-refractivity contribution in [2.75, 3.05) is 19.7 Å². The Morgan fingerprint density at radius 1 is 1.42 bits per heavy atom. The zero-order chi connectivity index (χ0) is 17.7. The van der Waals surface area contributed by atoms with Gasteiger partial charge in [-0.1, -0.05) is 25.4 Å². The largest absolute Gasteiger partial charge is 0.449 e. The fourth-order valence-corrected chi connectivity index (χ4v) is 3.68. The Hall–Kier alpha value is -1.38. The molecule has 0 atom stereocenters. The lowest BCUT2D eigenvalue weighted by atomic mass is 10.1. The molecule has 1 N–H and O–H groups in total. The van der Waals surface area contributed by atoms with Crippen LogP contribution in [0, 0.1) is 5.92 Å². The van der Waals surface area contributed by atoms with Gasteiger partial charge >= 0.3 is 6.09 Å². The van der Waals surface area contributed by atoms with Crippen LogP contribution in [0.5, 0.6) is 0 Å². The molecule has 0 aromatic carbocycles. The van der Waals surface area contributed by atoms with Crippen LogP contribution in [0.1, 0.15) is 26.7 Å². The lowest BCUT2D eigenvalue weighted by molar-refractivity contribution is 0.0830. The van der Waals surface area contributed by atoms with E-state index in [4.69, 9.17) is 16.3 Å². The molecule has 2 rings (SSSR count). The Labute approximate surface area is 147 Å². The summed E-state index contributed by atoms with van der Waals surface area (Å²) >= 11 is 5.67. The Bertz CT molecular complexity index is 656. The SMILES string of the molecule is CC(C)COC(=O)N1CCC(NS(=O)(=O)c2ccc(Cl)nc2)CC1. The van der Waals surface area contributed by atoms with Crippen molar-refractivity contribution in [3.05, 3.63) is 23.5 Å². The lowest BCUT2D eigenvalue weighted by Gasteiger charge is -2.31. The summed E-state index contributed by atoms with van der Waals surface area (Å²) in [4.78, 5) is 17.4. The summed E-state index contributed by atoms with van der Waals surface area (Å²) in [5.41, 5.74) is 0. The van der Waals surface area contributed by atoms with Crippen LogP contribution in [0.25, 0.3) is 0 Å². The van der Waals surface area contributed by atoms with Gasteiger partial charge in [0.2, 0.25) is 10.0 Å². The van der Waals surface area contributed by atoms with Crippen molar-refractivity contribution in [2.24, 2.45) is 5.92 Å². The van der Waals surface area contributed by atoms with Crippen LogP contribution < -0.4 is 4.72 Å². The Morgan fingerprint density at radius 3 is 2.62 bits per heavy atom. The standard InChI is InChI=1S/C15H22ClN3O4S/c1-11(2)10-23-15(20)19-7-5-12(6-8-19)18-24(21,22)13-3-4-14(16)17-9-13/h3-4,9,11-12,18H,5-8,10H2,1-2H3. The van der Waals surface area contributed by atoms with Crippen molar-refractivity contribution >= 4 is 27.7 Å². The first-order valence-corrected chi connectivity index (χ1v) is 9.69. The Kier molecular flexibility index (Phi) is 6.42. The number of pyridine rings is 1. The highest BCUT2D eigenvalue weighted by Crippen LogP contribution is 2.16. The van der Waals surface area contributed by atoms with E-state index in [9.17, 15) is 13.2 Å². The Morgan fingerprint density at radius 2 is 2.08 bits per heavy atom. The summed E-state index contributed by atoms with van der Waals surface area (Å²) in [7, 11) is -3.64. The van der Waals surface area contributed by atoms with Gasteiger partial charge < -0.3 is 9.64 Å². The maximum absolute atomic E-state index is 12.3. The molecule has 1 amide bonds. The zero-order valence-electron chi connectivity index (χ0n) is 13.7. The number of amides is 1. The van der Waals surface area contributed by atoms with Crippen LogP contribution in [0.3, 0.4) is 0 Å². The summed E-state index contributed by atoms with van der Waals surface area (Å²) in [6.45, 7) is 5.25. The number of piperidine rings is 1. The first-order valence-electron chi connectivity index (χ1n) is 7.83. The highest BCUT2D eigenvalue weighted by Gasteiger charge is 2.27. The fraction of sp³-hybridized carbons (Fsp3) is 0.600. The molecule has 0 saturated carbocycles. The van der Waals surface area contributed by atoms with Gasteiger partial charge in [0, 0.05) is 25.3 Å². The minimum atomic E-state index is -3.64. The van der Waals surface area contributed by atoms with E-state index in [1.165, 1.54) is 18.3 Å². The van der Waals surface area contributed by atoms with Gasteiger partial charge in [-0.05, 0) is 30.9 Å². The van der Waals surface area contributed by atoms with Gasteiger partial charge in [0.15, 0.2) is 0 Å². The molecular weight excluding hydrogens is 354 g/mol. The molecule has 24 heavy (non-hydrogen) atoms. The van der Waals surface area contributed by atoms with Gasteiger partial charge in [0.1, 0.15) is 10.0 Å². The molecule has 1 saturated heterocycles. The molecule has 9 heteroatoms. The average molecular weight is 376 g/mol. The normalized spacial score (nSPS) is 16.4. The van der Waals surface area contributed by atoms with E-state index in [0.29, 0.717) is 32.5 Å². The van der Waals surface area contributed by atoms with Crippen molar-refractivity contribution in [3.63, 3.8) is 0 Å². The number of hydrogen-bond acceptors (Lipinski definition) is 5. The highest BCUT2D eigenvalue weighted by molar-refractivity contribution is 7.89. The number of ether oxygens (including phenoxy) is 1. The minimum Gasteiger partial charge on any atom is -0.449 e. The third-order valence-electron chi connectivity index (χ3n) is 3.63. The van der Waals surface area contributed by atoms with E-state index in [-0.39, 0.29) is 28.1 Å². The first kappa shape index (κ1) is 19.0. The number of carbonyl (C=O) groups is 1. The molecule has 1 aliphatic heterocycles. The van der Waals surface area contributed by atoms with Crippen molar-refractivity contribution in [3.8, 4) is 0 Å². The summed E-state index contributed by atoms with van der Waals surface area (Å²) in [6, 6.07) is 2.62. The quantitative estimate of drug-likeness (QED) is 0.797. The second kappa shape index (κ2) is 8.13. The molecule has 0 spiro atoms. The summed E-state index contributed by atoms with van der Waals surface area (Å²) in [5, 5.41) is 0.238. The highest BCUT2D eigenvalue weighted by atomic mass is 35.5. The van der Waals surface area contributed by atoms with Crippen molar-refractivity contribution in [1.29, 1.82) is 0 Å².